The number of rotatable bonds is 3. The van der Waals surface area contributed by atoms with Gasteiger partial charge in [-0.25, -0.2) is 18.6 Å². The van der Waals surface area contributed by atoms with Crippen LogP contribution in [0.2, 0.25) is 0 Å². The highest BCUT2D eigenvalue weighted by Crippen LogP contribution is 2.29. The molecule has 0 fully saturated rings. The van der Waals surface area contributed by atoms with Crippen molar-refractivity contribution in [3.63, 3.8) is 0 Å². The topological polar surface area (TPSA) is 59.4 Å². The lowest BCUT2D eigenvalue weighted by molar-refractivity contribution is 0.0591. The van der Waals surface area contributed by atoms with E-state index in [0.717, 1.165) is 13.2 Å². The van der Waals surface area contributed by atoms with Crippen molar-refractivity contribution in [2.75, 3.05) is 7.11 Å². The van der Waals surface area contributed by atoms with Crippen LogP contribution in [0, 0.1) is 0 Å². The van der Waals surface area contributed by atoms with Gasteiger partial charge in [0.25, 0.3) is 6.43 Å². The van der Waals surface area contributed by atoms with Crippen molar-refractivity contribution >= 4 is 17.6 Å². The number of pyridine rings is 1. The summed E-state index contributed by atoms with van der Waals surface area (Å²) in [6, 6.07) is 0.980. The second kappa shape index (κ2) is 5.07. The number of esters is 1. The molecule has 0 aliphatic rings. The van der Waals surface area contributed by atoms with Crippen molar-refractivity contribution in [2.24, 2.45) is 0 Å². The fourth-order valence-corrected chi connectivity index (χ4v) is 1.30. The number of hydrogen-bond acceptors (Lipinski definition) is 4. The second-order valence-electron chi connectivity index (χ2n) is 2.83. The van der Waals surface area contributed by atoms with Crippen molar-refractivity contribution < 1.29 is 23.4 Å². The Morgan fingerprint density at radius 2 is 2.31 bits per heavy atom. The third-order valence-electron chi connectivity index (χ3n) is 1.84. The highest BCUT2D eigenvalue weighted by atomic mass is 35.5. The molecule has 4 nitrogen and oxygen atoms in total. The van der Waals surface area contributed by atoms with Crippen LogP contribution in [0.25, 0.3) is 0 Å². The van der Waals surface area contributed by atoms with Gasteiger partial charge in [-0.15, -0.1) is 11.6 Å². The van der Waals surface area contributed by atoms with Gasteiger partial charge in [0.05, 0.1) is 7.11 Å². The average molecular weight is 252 g/mol. The predicted octanol–water partition coefficient (Wildman–Crippen LogP) is 2.25. The van der Waals surface area contributed by atoms with Crippen LogP contribution in [0.1, 0.15) is 28.2 Å². The summed E-state index contributed by atoms with van der Waals surface area (Å²) in [6.45, 7) is 0. The van der Waals surface area contributed by atoms with Gasteiger partial charge in [-0.3, -0.25) is 0 Å². The lowest BCUT2D eigenvalue weighted by Gasteiger charge is -2.08. The van der Waals surface area contributed by atoms with Crippen LogP contribution < -0.4 is 0 Å². The van der Waals surface area contributed by atoms with Crippen LogP contribution in [-0.4, -0.2) is 23.2 Å². The van der Waals surface area contributed by atoms with E-state index in [4.69, 9.17) is 11.6 Å². The molecule has 0 spiro atoms. The minimum absolute atomic E-state index is 0.135. The molecule has 7 heteroatoms. The monoisotopic (exact) mass is 251 g/mol. The normalized spacial score (nSPS) is 10.6. The molecule has 0 atom stereocenters. The fourth-order valence-electron chi connectivity index (χ4n) is 1.09. The summed E-state index contributed by atoms with van der Waals surface area (Å²) in [5, 5.41) is 9.22. The average Bonchev–Trinajstić information content (AvgIpc) is 2.27. The first-order chi connectivity index (χ1) is 7.51. The molecule has 1 heterocycles. The number of aromatic nitrogens is 1. The Hall–Kier alpha value is -1.43. The first kappa shape index (κ1) is 12.6. The van der Waals surface area contributed by atoms with E-state index in [0.29, 0.717) is 0 Å². The summed E-state index contributed by atoms with van der Waals surface area (Å²) in [7, 11) is 1.09. The summed E-state index contributed by atoms with van der Waals surface area (Å²) in [5.41, 5.74) is -1.05. The van der Waals surface area contributed by atoms with Crippen LogP contribution in [0.3, 0.4) is 0 Å². The number of halogens is 3. The maximum Gasteiger partial charge on any atom is 0.356 e. The highest BCUT2D eigenvalue weighted by Gasteiger charge is 2.22. The van der Waals surface area contributed by atoms with Crippen molar-refractivity contribution in [3.8, 4) is 5.75 Å². The number of alkyl halides is 3. The summed E-state index contributed by atoms with van der Waals surface area (Å²) < 4.78 is 29.2. The number of methoxy groups -OCH3 is 1. The zero-order chi connectivity index (χ0) is 12.3. The molecule has 0 aliphatic heterocycles. The second-order valence-corrected chi connectivity index (χ2v) is 3.09. The number of nitrogens with zero attached hydrogens (tertiary/aromatic N) is 1. The summed E-state index contributed by atoms with van der Waals surface area (Å²) in [4.78, 5) is 14.6. The van der Waals surface area contributed by atoms with E-state index in [1.165, 1.54) is 0 Å². The molecule has 1 N–H and O–H groups in total. The van der Waals surface area contributed by atoms with Gasteiger partial charge >= 0.3 is 5.97 Å². The van der Waals surface area contributed by atoms with Gasteiger partial charge in [-0.1, -0.05) is 0 Å². The summed E-state index contributed by atoms with van der Waals surface area (Å²) in [6.07, 6.45) is -2.98. The van der Waals surface area contributed by atoms with Crippen LogP contribution in [-0.2, 0) is 10.6 Å². The minimum Gasteiger partial charge on any atom is -0.506 e. The SMILES string of the molecule is COC(=O)c1nc(C(F)F)c(O)cc1CCl. The Morgan fingerprint density at radius 3 is 2.75 bits per heavy atom. The lowest BCUT2D eigenvalue weighted by atomic mass is 10.2. The molecule has 1 aromatic rings. The third-order valence-corrected chi connectivity index (χ3v) is 2.13. The van der Waals surface area contributed by atoms with Gasteiger partial charge in [0.2, 0.25) is 0 Å². The fraction of sp³-hybridized carbons (Fsp3) is 0.333. The van der Waals surface area contributed by atoms with Crippen molar-refractivity contribution in [1.29, 1.82) is 0 Å². The van der Waals surface area contributed by atoms with Crippen molar-refractivity contribution in [2.45, 2.75) is 12.3 Å². The predicted molar refractivity (Wildman–Crippen MR) is 51.8 cm³/mol. The largest absolute Gasteiger partial charge is 0.506 e. The van der Waals surface area contributed by atoms with E-state index in [9.17, 15) is 18.7 Å². The Morgan fingerprint density at radius 1 is 1.69 bits per heavy atom. The Kier molecular flexibility index (Phi) is 4.00. The van der Waals surface area contributed by atoms with Crippen LogP contribution in [0.15, 0.2) is 6.07 Å². The first-order valence-electron chi connectivity index (χ1n) is 4.16. The number of hydrogen-bond donors (Lipinski definition) is 1. The zero-order valence-corrected chi connectivity index (χ0v) is 8.96. The first-order valence-corrected chi connectivity index (χ1v) is 4.70. The van der Waals surface area contributed by atoms with Gasteiger partial charge < -0.3 is 9.84 Å². The van der Waals surface area contributed by atoms with Gasteiger partial charge in [-0.05, 0) is 6.07 Å². The third kappa shape index (κ3) is 2.38. The van der Waals surface area contributed by atoms with E-state index in [-0.39, 0.29) is 17.1 Å². The van der Waals surface area contributed by atoms with E-state index in [1.54, 1.807) is 0 Å². The van der Waals surface area contributed by atoms with E-state index < -0.39 is 23.8 Å². The highest BCUT2D eigenvalue weighted by molar-refractivity contribution is 6.17. The summed E-state index contributed by atoms with van der Waals surface area (Å²) >= 11 is 5.49. The molecule has 0 saturated heterocycles. The standard InChI is InChI=1S/C9H8ClF2NO3/c1-16-9(15)6-4(3-10)2-5(14)7(13-6)8(11)12/h2,8,14H,3H2,1H3. The molecule has 16 heavy (non-hydrogen) atoms. The Bertz CT molecular complexity index is 412. The Labute approximate surface area is 94.8 Å². The van der Waals surface area contributed by atoms with Gasteiger partial charge in [0.1, 0.15) is 11.4 Å². The summed E-state index contributed by atoms with van der Waals surface area (Å²) in [5.74, 6) is -1.72. The van der Waals surface area contributed by atoms with Gasteiger partial charge in [-0.2, -0.15) is 0 Å². The molecule has 88 valence electrons. The molecule has 0 saturated carbocycles. The van der Waals surface area contributed by atoms with E-state index >= 15 is 0 Å². The molecule has 0 bridgehead atoms. The van der Waals surface area contributed by atoms with Crippen LogP contribution in [0.5, 0.6) is 5.75 Å². The lowest BCUT2D eigenvalue weighted by Crippen LogP contribution is -2.10. The van der Waals surface area contributed by atoms with Crippen LogP contribution >= 0.6 is 11.6 Å². The number of aromatic hydroxyl groups is 1. The molecule has 0 unspecified atom stereocenters. The maximum absolute atomic E-state index is 12.4. The molecule has 1 aromatic heterocycles. The van der Waals surface area contributed by atoms with E-state index in [2.05, 4.69) is 9.72 Å². The van der Waals surface area contributed by atoms with Crippen molar-refractivity contribution in [3.05, 3.63) is 23.0 Å². The number of carbonyl (C=O) groups excluding carboxylic acids is 1. The van der Waals surface area contributed by atoms with Crippen LogP contribution in [0.4, 0.5) is 8.78 Å². The number of carbonyl (C=O) groups is 1. The molecule has 0 amide bonds. The smallest absolute Gasteiger partial charge is 0.356 e. The van der Waals surface area contributed by atoms with Gasteiger partial charge in [0.15, 0.2) is 5.69 Å². The zero-order valence-electron chi connectivity index (χ0n) is 8.21. The minimum atomic E-state index is -2.98. The van der Waals surface area contributed by atoms with Crippen molar-refractivity contribution in [1.82, 2.24) is 4.98 Å². The molecule has 0 aromatic carbocycles. The molecule has 1 rings (SSSR count). The molecule has 0 aliphatic carbocycles. The molecular weight excluding hydrogens is 244 g/mol. The molecular formula is C9H8ClF2NO3. The molecule has 0 radical (unpaired) electrons. The Balaban J connectivity index is 3.34. The van der Waals surface area contributed by atoms with E-state index in [1.807, 2.05) is 0 Å². The van der Waals surface area contributed by atoms with Gasteiger partial charge in [0, 0.05) is 11.4 Å². The quantitative estimate of drug-likeness (QED) is 0.661. The maximum atomic E-state index is 12.4. The number of ether oxygens (including phenoxy) is 1.